The highest BCUT2D eigenvalue weighted by Gasteiger charge is 1.84. The molecule has 2 nitrogen and oxygen atoms in total. The number of nitrogens with zero attached hydrogens (tertiary/aromatic N) is 2. The van der Waals surface area contributed by atoms with Crippen LogP contribution in [0.15, 0.2) is 51.6 Å². The summed E-state index contributed by atoms with van der Waals surface area (Å²) in [7, 11) is 0. The van der Waals surface area contributed by atoms with Crippen LogP contribution in [0.3, 0.4) is 0 Å². The average molecular weight is 346 g/mol. The molecule has 1 aromatic heterocycles. The van der Waals surface area contributed by atoms with Gasteiger partial charge in [0.15, 0.2) is 0 Å². The molecule has 16 heavy (non-hydrogen) atoms. The first kappa shape index (κ1) is 15.3. The van der Waals surface area contributed by atoms with E-state index in [4.69, 9.17) is 0 Å². The molecule has 0 aliphatic carbocycles. The Bertz CT molecular complexity index is 381. The minimum Gasteiger partial charge on any atom is -0.247 e. The summed E-state index contributed by atoms with van der Waals surface area (Å²) in [6.45, 7) is 10.9. The van der Waals surface area contributed by atoms with Gasteiger partial charge in [0, 0.05) is 11.4 Å². The van der Waals surface area contributed by atoms with Crippen LogP contribution in [0, 0.1) is 6.92 Å². The Hall–Kier alpha value is -0.740. The molecule has 0 saturated carbocycles. The number of aliphatic imine (C=N–C) groups is 1. The molecule has 0 aliphatic heterocycles. The van der Waals surface area contributed by atoms with Crippen molar-refractivity contribution in [3.63, 3.8) is 0 Å². The second-order valence-corrected chi connectivity index (χ2v) is 4.66. The molecule has 0 fully saturated rings. The highest BCUT2D eigenvalue weighted by atomic mass is 79.9. The van der Waals surface area contributed by atoms with Crippen LogP contribution in [0.4, 0.5) is 0 Å². The predicted octanol–water partition coefficient (Wildman–Crippen LogP) is 4.65. The lowest BCUT2D eigenvalue weighted by Crippen LogP contribution is -1.79. The Morgan fingerprint density at radius 1 is 1.50 bits per heavy atom. The molecule has 0 amide bonds. The SMILES string of the molecule is C=C/C(C)=N\C(=C)Br.Cc1cccc(Br)n1. The van der Waals surface area contributed by atoms with Gasteiger partial charge >= 0.3 is 0 Å². The van der Waals surface area contributed by atoms with Gasteiger partial charge in [-0.15, -0.1) is 0 Å². The van der Waals surface area contributed by atoms with Gasteiger partial charge in [-0.25, -0.2) is 9.98 Å². The van der Waals surface area contributed by atoms with Gasteiger partial charge in [0.25, 0.3) is 0 Å². The smallest absolute Gasteiger partial charge is 0.106 e. The van der Waals surface area contributed by atoms with Gasteiger partial charge in [0.05, 0.1) is 4.61 Å². The third kappa shape index (κ3) is 8.56. The number of pyridine rings is 1. The van der Waals surface area contributed by atoms with E-state index in [2.05, 4.69) is 55.0 Å². The lowest BCUT2D eigenvalue weighted by Gasteiger charge is -1.88. The quantitative estimate of drug-likeness (QED) is 0.435. The molecular weight excluding hydrogens is 332 g/mol. The van der Waals surface area contributed by atoms with Crippen molar-refractivity contribution in [3.8, 4) is 0 Å². The summed E-state index contributed by atoms with van der Waals surface area (Å²) in [5.41, 5.74) is 1.91. The van der Waals surface area contributed by atoms with Crippen LogP contribution in [0.2, 0.25) is 0 Å². The maximum absolute atomic E-state index is 4.09. The van der Waals surface area contributed by atoms with Gasteiger partial charge in [0.1, 0.15) is 4.60 Å². The maximum atomic E-state index is 4.09. The van der Waals surface area contributed by atoms with Gasteiger partial charge in [0.2, 0.25) is 0 Å². The van der Waals surface area contributed by atoms with E-state index in [0.29, 0.717) is 4.61 Å². The number of hydrogen-bond donors (Lipinski definition) is 0. The number of aromatic nitrogens is 1. The summed E-state index contributed by atoms with van der Waals surface area (Å²) >= 11 is 6.34. The first-order chi connectivity index (χ1) is 7.45. The van der Waals surface area contributed by atoms with Gasteiger partial charge in [-0.2, -0.15) is 0 Å². The van der Waals surface area contributed by atoms with Crippen molar-refractivity contribution in [2.75, 3.05) is 0 Å². The Morgan fingerprint density at radius 2 is 2.12 bits per heavy atom. The van der Waals surface area contributed by atoms with E-state index < -0.39 is 0 Å². The summed E-state index contributed by atoms with van der Waals surface area (Å²) in [5.74, 6) is 0. The van der Waals surface area contributed by atoms with E-state index in [-0.39, 0.29) is 0 Å². The molecule has 0 saturated heterocycles. The Morgan fingerprint density at radius 3 is 2.38 bits per heavy atom. The Balaban J connectivity index is 0.000000281. The van der Waals surface area contributed by atoms with Gasteiger partial charge in [-0.05, 0) is 63.9 Å². The van der Waals surface area contributed by atoms with Crippen molar-refractivity contribution in [1.29, 1.82) is 0 Å². The molecule has 1 rings (SSSR count). The number of aryl methyl sites for hydroxylation is 1. The second kappa shape index (κ2) is 8.42. The number of hydrogen-bond acceptors (Lipinski definition) is 2. The van der Waals surface area contributed by atoms with Crippen LogP contribution in [-0.4, -0.2) is 10.7 Å². The molecule has 0 atom stereocenters. The first-order valence-electron chi connectivity index (χ1n) is 4.57. The fourth-order valence-electron chi connectivity index (χ4n) is 0.747. The van der Waals surface area contributed by atoms with E-state index in [9.17, 15) is 0 Å². The van der Waals surface area contributed by atoms with E-state index in [1.165, 1.54) is 0 Å². The fraction of sp³-hybridized carbons (Fsp3) is 0.167. The number of halogens is 2. The average Bonchev–Trinajstić information content (AvgIpc) is 2.17. The summed E-state index contributed by atoms with van der Waals surface area (Å²) < 4.78 is 1.53. The van der Waals surface area contributed by atoms with Crippen molar-refractivity contribution in [2.24, 2.45) is 4.99 Å². The van der Waals surface area contributed by atoms with Crippen LogP contribution < -0.4 is 0 Å². The van der Waals surface area contributed by atoms with Crippen molar-refractivity contribution in [1.82, 2.24) is 4.98 Å². The lowest BCUT2D eigenvalue weighted by molar-refractivity contribution is 1.17. The minimum absolute atomic E-state index is 0.634. The van der Waals surface area contributed by atoms with Crippen molar-refractivity contribution >= 4 is 37.6 Å². The number of allylic oxidation sites excluding steroid dienone is 1. The van der Waals surface area contributed by atoms with Crippen LogP contribution >= 0.6 is 31.9 Å². The Labute approximate surface area is 113 Å². The van der Waals surface area contributed by atoms with Gasteiger partial charge in [-0.1, -0.05) is 19.2 Å². The fourth-order valence-corrected chi connectivity index (χ4v) is 1.46. The van der Waals surface area contributed by atoms with Crippen LogP contribution in [0.5, 0.6) is 0 Å². The zero-order valence-electron chi connectivity index (χ0n) is 9.37. The van der Waals surface area contributed by atoms with E-state index >= 15 is 0 Å². The first-order valence-corrected chi connectivity index (χ1v) is 6.15. The van der Waals surface area contributed by atoms with Crippen molar-refractivity contribution in [2.45, 2.75) is 13.8 Å². The zero-order valence-corrected chi connectivity index (χ0v) is 12.5. The molecule has 0 aromatic carbocycles. The molecule has 0 unspecified atom stereocenters. The van der Waals surface area contributed by atoms with E-state index in [1.807, 2.05) is 32.0 Å². The molecule has 0 N–H and O–H groups in total. The third-order valence-corrected chi connectivity index (χ3v) is 2.07. The van der Waals surface area contributed by atoms with Crippen LogP contribution in [-0.2, 0) is 0 Å². The van der Waals surface area contributed by atoms with Crippen LogP contribution in [0.25, 0.3) is 0 Å². The molecule has 0 bridgehead atoms. The molecule has 1 heterocycles. The monoisotopic (exact) mass is 344 g/mol. The summed E-state index contributed by atoms with van der Waals surface area (Å²) in [5, 5.41) is 0. The maximum Gasteiger partial charge on any atom is 0.106 e. The molecule has 4 heteroatoms. The molecule has 0 aliphatic rings. The molecule has 0 spiro atoms. The third-order valence-electron chi connectivity index (χ3n) is 1.45. The highest BCUT2D eigenvalue weighted by Crippen LogP contribution is 2.04. The molecular formula is C12H14Br2N2. The molecule has 0 radical (unpaired) electrons. The van der Waals surface area contributed by atoms with Crippen molar-refractivity contribution < 1.29 is 0 Å². The van der Waals surface area contributed by atoms with Gasteiger partial charge in [-0.3, -0.25) is 0 Å². The second-order valence-electron chi connectivity index (χ2n) is 2.94. The highest BCUT2D eigenvalue weighted by molar-refractivity contribution is 9.11. The Kier molecular flexibility index (Phi) is 8.03. The molecule has 86 valence electrons. The van der Waals surface area contributed by atoms with Crippen molar-refractivity contribution in [3.05, 3.63) is 52.3 Å². The van der Waals surface area contributed by atoms with Crippen LogP contribution in [0.1, 0.15) is 12.6 Å². The summed E-state index contributed by atoms with van der Waals surface area (Å²) in [4.78, 5) is 8.01. The lowest BCUT2D eigenvalue weighted by atomic mass is 10.4. The standard InChI is InChI=1S/C6H6BrN.C6H8BrN/c1-5-3-2-4-6(7)8-5;1-4-5(2)8-6(3)7/h2-4H,1H3;4H,1,3H2,2H3/b;8-5-. The topological polar surface area (TPSA) is 25.2 Å². The predicted molar refractivity (Wildman–Crippen MR) is 78.0 cm³/mol. The van der Waals surface area contributed by atoms with E-state index in [1.54, 1.807) is 6.08 Å². The summed E-state index contributed by atoms with van der Waals surface area (Å²) in [6, 6.07) is 5.84. The van der Waals surface area contributed by atoms with Gasteiger partial charge < -0.3 is 0 Å². The summed E-state index contributed by atoms with van der Waals surface area (Å²) in [6.07, 6.45) is 1.67. The minimum atomic E-state index is 0.634. The molecule has 1 aromatic rings. The normalized spacial score (nSPS) is 10.1. The largest absolute Gasteiger partial charge is 0.247 e. The van der Waals surface area contributed by atoms with E-state index in [0.717, 1.165) is 16.0 Å². The number of rotatable bonds is 2. The zero-order chi connectivity index (χ0) is 12.6.